The van der Waals surface area contributed by atoms with E-state index < -0.39 is 0 Å². The first-order valence-corrected chi connectivity index (χ1v) is 12.3. The Morgan fingerprint density at radius 3 is 2.84 bits per heavy atom. The van der Waals surface area contributed by atoms with E-state index in [4.69, 9.17) is 16.0 Å². The van der Waals surface area contributed by atoms with Gasteiger partial charge in [0.1, 0.15) is 11.5 Å². The Balaban J connectivity index is 1.45. The average molecular weight is 470 g/mol. The first kappa shape index (κ1) is 20.5. The molecule has 1 aliphatic carbocycles. The van der Waals surface area contributed by atoms with Gasteiger partial charge in [-0.1, -0.05) is 43.0 Å². The third-order valence-electron chi connectivity index (χ3n) is 5.40. The minimum absolute atomic E-state index is 0.00656. The maximum absolute atomic E-state index is 13.3. The molecule has 0 N–H and O–H groups in total. The Bertz CT molecular complexity index is 1150. The van der Waals surface area contributed by atoms with Crippen LogP contribution in [0.2, 0.25) is 5.02 Å². The van der Waals surface area contributed by atoms with Gasteiger partial charge < -0.3 is 4.42 Å². The Labute approximate surface area is 193 Å². The number of amides is 1. The van der Waals surface area contributed by atoms with Crippen LogP contribution in [0.5, 0.6) is 0 Å². The molecule has 2 aromatic heterocycles. The van der Waals surface area contributed by atoms with Crippen LogP contribution in [-0.4, -0.2) is 27.0 Å². The fourth-order valence-electron chi connectivity index (χ4n) is 3.94. The minimum Gasteiger partial charge on any atom is -0.457 e. The number of furan rings is 1. The highest BCUT2D eigenvalue weighted by atomic mass is 35.5. The molecule has 2 fully saturated rings. The van der Waals surface area contributed by atoms with Gasteiger partial charge in [-0.2, -0.15) is 4.99 Å². The summed E-state index contributed by atoms with van der Waals surface area (Å²) in [6, 6.07) is 11.5. The van der Waals surface area contributed by atoms with E-state index in [1.807, 2.05) is 46.7 Å². The van der Waals surface area contributed by atoms with Gasteiger partial charge >= 0.3 is 0 Å². The first-order chi connectivity index (χ1) is 15.2. The number of thiazole rings is 1. The number of halogens is 1. The smallest absolute Gasteiger partial charge is 0.267 e. The predicted octanol–water partition coefficient (Wildman–Crippen LogP) is 6.99. The SMILES string of the molecule is O=C1/C(=C\c2ccc(-c3cccc(Cl)c3)o2)S/C(=N/c2nccs2)N1C1CCCCC1. The van der Waals surface area contributed by atoms with Gasteiger partial charge in [-0.3, -0.25) is 9.69 Å². The molecule has 1 saturated heterocycles. The first-order valence-electron chi connectivity index (χ1n) is 10.2. The number of carbonyl (C=O) groups excluding carboxylic acids is 1. The van der Waals surface area contributed by atoms with Gasteiger partial charge in [0.25, 0.3) is 5.91 Å². The average Bonchev–Trinajstić information content (AvgIpc) is 3.51. The zero-order valence-electron chi connectivity index (χ0n) is 16.7. The number of amidine groups is 1. The van der Waals surface area contributed by atoms with E-state index in [0.717, 1.165) is 31.2 Å². The van der Waals surface area contributed by atoms with Crippen molar-refractivity contribution in [2.45, 2.75) is 38.1 Å². The van der Waals surface area contributed by atoms with Crippen LogP contribution in [0.1, 0.15) is 37.9 Å². The van der Waals surface area contributed by atoms with Crippen molar-refractivity contribution in [2.75, 3.05) is 0 Å². The third kappa shape index (κ3) is 4.49. The fraction of sp³-hybridized carbons (Fsp3) is 0.261. The zero-order valence-corrected chi connectivity index (χ0v) is 19.1. The van der Waals surface area contributed by atoms with Gasteiger partial charge in [0, 0.05) is 34.3 Å². The highest BCUT2D eigenvalue weighted by Crippen LogP contribution is 2.39. The maximum Gasteiger partial charge on any atom is 0.267 e. The van der Waals surface area contributed by atoms with E-state index in [2.05, 4.69) is 9.98 Å². The molecule has 2 aliphatic rings. The molecule has 1 aliphatic heterocycles. The highest BCUT2D eigenvalue weighted by Gasteiger charge is 2.39. The van der Waals surface area contributed by atoms with E-state index in [9.17, 15) is 4.79 Å². The Morgan fingerprint density at radius 1 is 1.19 bits per heavy atom. The lowest BCUT2D eigenvalue weighted by Gasteiger charge is -2.30. The fourth-order valence-corrected chi connectivity index (χ4v) is 5.71. The Hall–Kier alpha value is -2.35. The Kier molecular flexibility index (Phi) is 5.98. The van der Waals surface area contributed by atoms with Crippen molar-refractivity contribution in [3.05, 3.63) is 63.7 Å². The summed E-state index contributed by atoms with van der Waals surface area (Å²) in [5.74, 6) is 1.34. The van der Waals surface area contributed by atoms with Crippen LogP contribution in [-0.2, 0) is 4.79 Å². The second-order valence-electron chi connectivity index (χ2n) is 7.50. The van der Waals surface area contributed by atoms with Crippen molar-refractivity contribution in [1.82, 2.24) is 9.88 Å². The topological polar surface area (TPSA) is 58.7 Å². The van der Waals surface area contributed by atoms with E-state index in [1.165, 1.54) is 29.5 Å². The second-order valence-corrected chi connectivity index (χ2v) is 9.82. The van der Waals surface area contributed by atoms with Crippen LogP contribution in [0.25, 0.3) is 17.4 Å². The molecule has 158 valence electrons. The van der Waals surface area contributed by atoms with Crippen molar-refractivity contribution >= 4 is 57.0 Å². The number of hydrogen-bond acceptors (Lipinski definition) is 6. The molecule has 0 radical (unpaired) electrons. The summed E-state index contributed by atoms with van der Waals surface area (Å²) in [5.41, 5.74) is 0.900. The van der Waals surface area contributed by atoms with Gasteiger partial charge in [0.05, 0.1) is 4.91 Å². The number of hydrogen-bond donors (Lipinski definition) is 0. The van der Waals surface area contributed by atoms with Gasteiger partial charge in [-0.25, -0.2) is 4.98 Å². The van der Waals surface area contributed by atoms with Crippen molar-refractivity contribution in [1.29, 1.82) is 0 Å². The van der Waals surface area contributed by atoms with Crippen LogP contribution in [0.3, 0.4) is 0 Å². The van der Waals surface area contributed by atoms with Crippen LogP contribution >= 0.6 is 34.7 Å². The monoisotopic (exact) mass is 469 g/mol. The number of rotatable bonds is 4. The van der Waals surface area contributed by atoms with E-state index >= 15 is 0 Å². The maximum atomic E-state index is 13.3. The van der Waals surface area contributed by atoms with Crippen LogP contribution in [0, 0.1) is 0 Å². The molecule has 1 amide bonds. The summed E-state index contributed by atoms with van der Waals surface area (Å²) in [7, 11) is 0. The van der Waals surface area contributed by atoms with Crippen molar-refractivity contribution < 1.29 is 9.21 Å². The molecular weight excluding hydrogens is 450 g/mol. The van der Waals surface area contributed by atoms with Crippen molar-refractivity contribution in [2.24, 2.45) is 4.99 Å². The quantitative estimate of drug-likeness (QED) is 0.386. The highest BCUT2D eigenvalue weighted by molar-refractivity contribution is 8.18. The van der Waals surface area contributed by atoms with Crippen LogP contribution in [0.4, 0.5) is 5.13 Å². The number of nitrogens with zero attached hydrogens (tertiary/aromatic N) is 3. The lowest BCUT2D eigenvalue weighted by atomic mass is 9.94. The minimum atomic E-state index is -0.00656. The summed E-state index contributed by atoms with van der Waals surface area (Å²) in [6.45, 7) is 0. The van der Waals surface area contributed by atoms with E-state index in [0.29, 0.717) is 31.7 Å². The molecule has 3 heterocycles. The van der Waals surface area contributed by atoms with Crippen molar-refractivity contribution in [3.8, 4) is 11.3 Å². The van der Waals surface area contributed by atoms with Crippen molar-refractivity contribution in [3.63, 3.8) is 0 Å². The summed E-state index contributed by atoms with van der Waals surface area (Å²) in [4.78, 5) is 24.8. The zero-order chi connectivity index (χ0) is 21.2. The molecular formula is C23H20ClN3O2S2. The van der Waals surface area contributed by atoms with Gasteiger partial charge in [0.15, 0.2) is 5.17 Å². The molecule has 3 aromatic rings. The molecule has 5 rings (SSSR count). The number of aliphatic imine (C=N–C) groups is 1. The molecule has 0 unspecified atom stereocenters. The predicted molar refractivity (Wildman–Crippen MR) is 128 cm³/mol. The molecule has 5 nitrogen and oxygen atoms in total. The number of aromatic nitrogens is 1. The normalized spacial score (nSPS) is 20.3. The number of carbonyl (C=O) groups is 1. The number of benzene rings is 1. The standard InChI is InChI=1S/C23H20ClN3O2S2/c24-16-6-4-5-15(13-16)19-10-9-18(29-19)14-20-21(28)27(17-7-2-1-3-8-17)23(31-20)26-22-25-11-12-30-22/h4-6,9-14,17H,1-3,7-8H2/b20-14+,26-23+. The third-order valence-corrected chi connectivity index (χ3v) is 7.28. The van der Waals surface area contributed by atoms with E-state index in [1.54, 1.807) is 12.3 Å². The summed E-state index contributed by atoms with van der Waals surface area (Å²) < 4.78 is 5.99. The Morgan fingerprint density at radius 2 is 2.06 bits per heavy atom. The second kappa shape index (κ2) is 9.02. The number of thioether (sulfide) groups is 1. The molecule has 1 saturated carbocycles. The molecule has 1 aromatic carbocycles. The van der Waals surface area contributed by atoms with Gasteiger partial charge in [-0.05, 0) is 48.9 Å². The largest absolute Gasteiger partial charge is 0.457 e. The van der Waals surface area contributed by atoms with E-state index in [-0.39, 0.29) is 11.9 Å². The molecule has 0 spiro atoms. The molecule has 0 atom stereocenters. The summed E-state index contributed by atoms with van der Waals surface area (Å²) in [6.07, 6.45) is 9.07. The summed E-state index contributed by atoms with van der Waals surface area (Å²) >= 11 is 8.96. The summed E-state index contributed by atoms with van der Waals surface area (Å²) in [5, 5.41) is 3.92. The van der Waals surface area contributed by atoms with Gasteiger partial charge in [-0.15, -0.1) is 11.3 Å². The molecule has 0 bridgehead atoms. The van der Waals surface area contributed by atoms with Crippen LogP contribution in [0.15, 0.2) is 62.3 Å². The molecule has 31 heavy (non-hydrogen) atoms. The molecule has 8 heteroatoms. The lowest BCUT2D eigenvalue weighted by molar-refractivity contribution is -0.124. The van der Waals surface area contributed by atoms with Gasteiger partial charge in [0.2, 0.25) is 5.13 Å². The van der Waals surface area contributed by atoms with Crippen LogP contribution < -0.4 is 0 Å². The lowest BCUT2D eigenvalue weighted by Crippen LogP contribution is -2.40.